The number of hydrogen-bond acceptors (Lipinski definition) is 4. The van der Waals surface area contributed by atoms with Crippen LogP contribution in [0.25, 0.3) is 0 Å². The van der Waals surface area contributed by atoms with Crippen LogP contribution in [0.3, 0.4) is 0 Å². The summed E-state index contributed by atoms with van der Waals surface area (Å²) in [6.07, 6.45) is 0.988. The zero-order chi connectivity index (χ0) is 17.7. The molecule has 0 radical (unpaired) electrons. The van der Waals surface area contributed by atoms with Gasteiger partial charge in [0.25, 0.3) is 10.0 Å². The summed E-state index contributed by atoms with van der Waals surface area (Å²) in [6.45, 7) is 6.06. The maximum atomic E-state index is 12.2. The van der Waals surface area contributed by atoms with E-state index in [9.17, 15) is 13.2 Å². The Balaban J connectivity index is 1.97. The first-order chi connectivity index (χ1) is 11.3. The lowest BCUT2D eigenvalue weighted by Gasteiger charge is -2.14. The predicted octanol–water partition coefficient (Wildman–Crippen LogP) is 3.06. The van der Waals surface area contributed by atoms with Crippen molar-refractivity contribution in [1.29, 1.82) is 0 Å². The summed E-state index contributed by atoms with van der Waals surface area (Å²) in [4.78, 5) is 14.3. The summed E-state index contributed by atoms with van der Waals surface area (Å²) >= 11 is 1.09. The Morgan fingerprint density at radius 1 is 1.12 bits per heavy atom. The fourth-order valence-corrected chi connectivity index (χ4v) is 4.10. The molecule has 1 aromatic carbocycles. The molecule has 0 aliphatic rings. The molecule has 0 fully saturated rings. The van der Waals surface area contributed by atoms with Crippen molar-refractivity contribution in [3.05, 3.63) is 52.9 Å². The first-order valence-corrected chi connectivity index (χ1v) is 10.1. The summed E-state index contributed by atoms with van der Waals surface area (Å²) in [5.74, 6) is -0.279. The van der Waals surface area contributed by atoms with E-state index >= 15 is 0 Å². The second-order valence-electron chi connectivity index (χ2n) is 6.09. The molecule has 0 saturated heterocycles. The molecular weight excluding hydrogens is 344 g/mol. The van der Waals surface area contributed by atoms with Gasteiger partial charge in [-0.1, -0.05) is 44.2 Å². The van der Waals surface area contributed by atoms with Gasteiger partial charge in [0.2, 0.25) is 5.91 Å². The molecule has 5 nitrogen and oxygen atoms in total. The molecule has 2 N–H and O–H groups in total. The highest BCUT2D eigenvalue weighted by Gasteiger charge is 2.19. The van der Waals surface area contributed by atoms with E-state index in [1.807, 2.05) is 24.3 Å². The molecule has 24 heavy (non-hydrogen) atoms. The average Bonchev–Trinajstić information content (AvgIpc) is 3.07. The Hall–Kier alpha value is -1.70. The summed E-state index contributed by atoms with van der Waals surface area (Å²) in [5, 5.41) is 1.66. The van der Waals surface area contributed by atoms with Crippen LogP contribution in [0.1, 0.15) is 37.8 Å². The van der Waals surface area contributed by atoms with E-state index < -0.39 is 21.8 Å². The summed E-state index contributed by atoms with van der Waals surface area (Å²) < 4.78 is 24.1. The van der Waals surface area contributed by atoms with Gasteiger partial charge in [0, 0.05) is 0 Å². The van der Waals surface area contributed by atoms with E-state index in [0.717, 1.165) is 23.3 Å². The lowest BCUT2D eigenvalue weighted by molar-refractivity contribution is -0.122. The summed E-state index contributed by atoms with van der Waals surface area (Å²) in [5.41, 5.74) is 4.35. The van der Waals surface area contributed by atoms with Gasteiger partial charge in [0.1, 0.15) is 4.21 Å². The van der Waals surface area contributed by atoms with Gasteiger partial charge in [-0.05, 0) is 41.8 Å². The molecule has 0 aliphatic heterocycles. The first-order valence-electron chi connectivity index (χ1n) is 7.73. The average molecular weight is 367 g/mol. The SMILES string of the molecule is CC(C)Cc1ccc(C(C)C(=O)NNS(=O)(=O)c2cccs2)cc1. The number of hydrogen-bond donors (Lipinski definition) is 2. The third-order valence-corrected chi connectivity index (χ3v) is 6.23. The van der Waals surface area contributed by atoms with Crippen molar-refractivity contribution in [3.63, 3.8) is 0 Å². The van der Waals surface area contributed by atoms with E-state index in [-0.39, 0.29) is 4.21 Å². The standard InChI is InChI=1S/C17H22N2O3S2/c1-12(2)11-14-6-8-15(9-7-14)13(3)17(20)18-19-24(21,22)16-5-4-10-23-16/h4-10,12-13,19H,11H2,1-3H3,(H,18,20). The maximum Gasteiger partial charge on any atom is 0.266 e. The van der Waals surface area contributed by atoms with Crippen molar-refractivity contribution in [1.82, 2.24) is 10.3 Å². The Kier molecular flexibility index (Phi) is 6.15. The molecule has 0 aliphatic carbocycles. The highest BCUT2D eigenvalue weighted by atomic mass is 32.2. The Bertz CT molecular complexity index is 767. The molecule has 2 rings (SSSR count). The van der Waals surface area contributed by atoms with Crippen molar-refractivity contribution in [2.45, 2.75) is 37.3 Å². The zero-order valence-electron chi connectivity index (χ0n) is 13.9. The second kappa shape index (κ2) is 7.92. The van der Waals surface area contributed by atoms with Crippen LogP contribution >= 0.6 is 11.3 Å². The van der Waals surface area contributed by atoms with Crippen molar-refractivity contribution in [2.75, 3.05) is 0 Å². The minimum absolute atomic E-state index is 0.161. The fraction of sp³-hybridized carbons (Fsp3) is 0.353. The van der Waals surface area contributed by atoms with Gasteiger partial charge in [-0.15, -0.1) is 16.2 Å². The van der Waals surface area contributed by atoms with Gasteiger partial charge in [-0.25, -0.2) is 8.42 Å². The third-order valence-electron chi connectivity index (χ3n) is 3.59. The van der Waals surface area contributed by atoms with E-state index in [1.54, 1.807) is 18.4 Å². The van der Waals surface area contributed by atoms with Crippen LogP contribution in [-0.2, 0) is 21.2 Å². The largest absolute Gasteiger partial charge is 0.277 e. The van der Waals surface area contributed by atoms with E-state index in [1.165, 1.54) is 11.6 Å². The molecule has 130 valence electrons. The lowest BCUT2D eigenvalue weighted by atomic mass is 9.96. The normalized spacial score (nSPS) is 13.0. The topological polar surface area (TPSA) is 75.3 Å². The van der Waals surface area contributed by atoms with Gasteiger partial charge < -0.3 is 0 Å². The van der Waals surface area contributed by atoms with Crippen LogP contribution in [0.2, 0.25) is 0 Å². The van der Waals surface area contributed by atoms with Crippen LogP contribution in [0.15, 0.2) is 46.0 Å². The summed E-state index contributed by atoms with van der Waals surface area (Å²) in [6, 6.07) is 11.0. The Morgan fingerprint density at radius 3 is 2.33 bits per heavy atom. The number of carbonyl (C=O) groups is 1. The van der Waals surface area contributed by atoms with Crippen molar-refractivity contribution in [3.8, 4) is 0 Å². The number of thiophene rings is 1. The lowest BCUT2D eigenvalue weighted by Crippen LogP contribution is -2.43. The van der Waals surface area contributed by atoms with Gasteiger partial charge in [-0.2, -0.15) is 0 Å². The molecule has 1 heterocycles. The molecule has 1 amide bonds. The third kappa shape index (κ3) is 4.90. The highest BCUT2D eigenvalue weighted by molar-refractivity contribution is 7.91. The van der Waals surface area contributed by atoms with E-state index in [0.29, 0.717) is 5.92 Å². The van der Waals surface area contributed by atoms with Crippen molar-refractivity contribution >= 4 is 27.3 Å². The monoisotopic (exact) mass is 366 g/mol. The van der Waals surface area contributed by atoms with Crippen LogP contribution in [0, 0.1) is 5.92 Å². The van der Waals surface area contributed by atoms with E-state index in [4.69, 9.17) is 0 Å². The van der Waals surface area contributed by atoms with Gasteiger partial charge >= 0.3 is 0 Å². The molecule has 1 atom stereocenters. The van der Waals surface area contributed by atoms with Gasteiger partial charge in [0.05, 0.1) is 5.92 Å². The molecule has 0 saturated carbocycles. The fourth-order valence-electron chi connectivity index (χ4n) is 2.26. The molecule has 1 unspecified atom stereocenters. The Labute approximate surface area is 147 Å². The summed E-state index contributed by atoms with van der Waals surface area (Å²) in [7, 11) is -3.71. The van der Waals surface area contributed by atoms with Gasteiger partial charge in [-0.3, -0.25) is 10.2 Å². The minimum Gasteiger partial charge on any atom is -0.277 e. The first kappa shape index (κ1) is 18.6. The minimum atomic E-state index is -3.71. The number of amides is 1. The smallest absolute Gasteiger partial charge is 0.266 e. The van der Waals surface area contributed by atoms with Crippen molar-refractivity contribution in [2.24, 2.45) is 5.92 Å². The van der Waals surface area contributed by atoms with Crippen LogP contribution in [-0.4, -0.2) is 14.3 Å². The van der Waals surface area contributed by atoms with Crippen LogP contribution in [0.5, 0.6) is 0 Å². The molecule has 2 aromatic rings. The number of nitrogens with one attached hydrogen (secondary N) is 2. The second-order valence-corrected chi connectivity index (χ2v) is 8.95. The predicted molar refractivity (Wildman–Crippen MR) is 96.2 cm³/mol. The molecule has 7 heteroatoms. The molecular formula is C17H22N2O3S2. The number of hydrazine groups is 1. The van der Waals surface area contributed by atoms with Crippen LogP contribution < -0.4 is 10.3 Å². The molecule has 0 bridgehead atoms. The number of rotatable bonds is 7. The van der Waals surface area contributed by atoms with Crippen molar-refractivity contribution < 1.29 is 13.2 Å². The number of sulfonamides is 1. The molecule has 1 aromatic heterocycles. The molecule has 0 spiro atoms. The number of benzene rings is 1. The maximum absolute atomic E-state index is 12.2. The zero-order valence-corrected chi connectivity index (χ0v) is 15.6. The highest BCUT2D eigenvalue weighted by Crippen LogP contribution is 2.18. The Morgan fingerprint density at radius 2 is 1.79 bits per heavy atom. The quantitative estimate of drug-likeness (QED) is 0.740. The van der Waals surface area contributed by atoms with Gasteiger partial charge in [0.15, 0.2) is 0 Å². The van der Waals surface area contributed by atoms with Crippen LogP contribution in [0.4, 0.5) is 0 Å². The number of carbonyl (C=O) groups excluding carboxylic acids is 1. The van der Waals surface area contributed by atoms with E-state index in [2.05, 4.69) is 24.1 Å².